The molecule has 0 aliphatic rings. The first-order chi connectivity index (χ1) is 12.6. The Morgan fingerprint density at radius 1 is 1.00 bits per heavy atom. The van der Waals surface area contributed by atoms with E-state index in [1.807, 2.05) is 37.3 Å². The Morgan fingerprint density at radius 3 is 2.31 bits per heavy atom. The van der Waals surface area contributed by atoms with Crippen LogP contribution in [0.1, 0.15) is 16.8 Å². The van der Waals surface area contributed by atoms with Crippen molar-refractivity contribution in [2.75, 3.05) is 21.3 Å². The Morgan fingerprint density at radius 2 is 1.69 bits per heavy atom. The lowest BCUT2D eigenvalue weighted by Crippen LogP contribution is -2.14. The van der Waals surface area contributed by atoms with Gasteiger partial charge in [0.15, 0.2) is 11.5 Å². The molecule has 134 valence electrons. The summed E-state index contributed by atoms with van der Waals surface area (Å²) in [7, 11) is 4.70. The maximum Gasteiger partial charge on any atom is 0.258 e. The van der Waals surface area contributed by atoms with Crippen molar-refractivity contribution in [3.63, 3.8) is 0 Å². The standard InChI is InChI=1S/C20H20N2O4/c1-13-6-5-9-22-18(23)12-15(21-20(13)22)8-7-14-10-16(24-2)19(26-4)17(11-14)25-3/h5-12H,1-4H3/b8-7+. The molecule has 0 radical (unpaired) electrons. The topological polar surface area (TPSA) is 62.1 Å². The highest BCUT2D eigenvalue weighted by atomic mass is 16.5. The van der Waals surface area contributed by atoms with Crippen LogP contribution in [0.4, 0.5) is 0 Å². The first kappa shape index (κ1) is 17.5. The molecule has 0 N–H and O–H groups in total. The van der Waals surface area contributed by atoms with Gasteiger partial charge in [0.05, 0.1) is 27.0 Å². The first-order valence-corrected chi connectivity index (χ1v) is 8.04. The number of nitrogens with zero attached hydrogens (tertiary/aromatic N) is 2. The fourth-order valence-electron chi connectivity index (χ4n) is 2.74. The molecule has 1 aromatic carbocycles. The minimum atomic E-state index is -0.122. The molecule has 26 heavy (non-hydrogen) atoms. The number of hydrogen-bond acceptors (Lipinski definition) is 5. The van der Waals surface area contributed by atoms with Crippen molar-refractivity contribution < 1.29 is 14.2 Å². The van der Waals surface area contributed by atoms with Crippen molar-refractivity contribution in [1.82, 2.24) is 9.38 Å². The number of ether oxygens (including phenoxy) is 3. The molecule has 6 heteroatoms. The molecule has 0 saturated heterocycles. The second-order valence-corrected chi connectivity index (χ2v) is 5.70. The Labute approximate surface area is 151 Å². The number of rotatable bonds is 5. The van der Waals surface area contributed by atoms with Crippen molar-refractivity contribution in [2.24, 2.45) is 0 Å². The van der Waals surface area contributed by atoms with Gasteiger partial charge in [0.25, 0.3) is 5.56 Å². The van der Waals surface area contributed by atoms with Crippen LogP contribution in [0.15, 0.2) is 41.3 Å². The zero-order valence-corrected chi connectivity index (χ0v) is 15.1. The summed E-state index contributed by atoms with van der Waals surface area (Å²) in [5.74, 6) is 1.66. The van der Waals surface area contributed by atoms with E-state index in [0.717, 1.165) is 11.1 Å². The Balaban J connectivity index is 2.04. The molecular weight excluding hydrogens is 332 g/mol. The third-order valence-corrected chi connectivity index (χ3v) is 4.04. The molecule has 0 unspecified atom stereocenters. The summed E-state index contributed by atoms with van der Waals surface area (Å²) in [5, 5.41) is 0. The minimum absolute atomic E-state index is 0.122. The van der Waals surface area contributed by atoms with E-state index in [1.165, 1.54) is 10.5 Å². The number of pyridine rings is 1. The van der Waals surface area contributed by atoms with E-state index in [9.17, 15) is 4.79 Å². The van der Waals surface area contributed by atoms with Crippen LogP contribution in [0.25, 0.3) is 17.8 Å². The number of aromatic nitrogens is 2. The van der Waals surface area contributed by atoms with Crippen LogP contribution in [0.2, 0.25) is 0 Å². The highest BCUT2D eigenvalue weighted by Gasteiger charge is 2.12. The van der Waals surface area contributed by atoms with Gasteiger partial charge in [-0.15, -0.1) is 0 Å². The normalized spacial score (nSPS) is 11.1. The SMILES string of the molecule is COc1cc(/C=C/c2cc(=O)n3cccc(C)c3n2)cc(OC)c1OC. The number of aryl methyl sites for hydroxylation is 1. The van der Waals surface area contributed by atoms with Gasteiger partial charge in [-0.05, 0) is 42.3 Å². The predicted octanol–water partition coefficient (Wildman–Crippen LogP) is 3.20. The maximum absolute atomic E-state index is 12.3. The molecular formula is C20H20N2O4. The van der Waals surface area contributed by atoms with Gasteiger partial charge in [-0.3, -0.25) is 9.20 Å². The molecule has 0 aliphatic heterocycles. The van der Waals surface area contributed by atoms with Gasteiger partial charge in [0.2, 0.25) is 5.75 Å². The van der Waals surface area contributed by atoms with Crippen LogP contribution in [-0.4, -0.2) is 30.7 Å². The molecule has 0 saturated carbocycles. The van der Waals surface area contributed by atoms with Gasteiger partial charge in [0, 0.05) is 12.3 Å². The maximum atomic E-state index is 12.3. The van der Waals surface area contributed by atoms with Gasteiger partial charge in [0.1, 0.15) is 5.65 Å². The van der Waals surface area contributed by atoms with E-state index < -0.39 is 0 Å². The van der Waals surface area contributed by atoms with Crippen LogP contribution < -0.4 is 19.8 Å². The largest absolute Gasteiger partial charge is 0.493 e. The van der Waals surface area contributed by atoms with Gasteiger partial charge in [-0.25, -0.2) is 4.98 Å². The van der Waals surface area contributed by atoms with Crippen LogP contribution >= 0.6 is 0 Å². The van der Waals surface area contributed by atoms with Crippen LogP contribution in [0.3, 0.4) is 0 Å². The molecule has 3 aromatic rings. The third kappa shape index (κ3) is 3.26. The van der Waals surface area contributed by atoms with E-state index in [0.29, 0.717) is 28.6 Å². The minimum Gasteiger partial charge on any atom is -0.493 e. The lowest BCUT2D eigenvalue weighted by atomic mass is 10.1. The predicted molar refractivity (Wildman–Crippen MR) is 101 cm³/mol. The summed E-state index contributed by atoms with van der Waals surface area (Å²) in [6, 6.07) is 8.92. The summed E-state index contributed by atoms with van der Waals surface area (Å²) >= 11 is 0. The number of hydrogen-bond donors (Lipinski definition) is 0. The first-order valence-electron chi connectivity index (χ1n) is 8.04. The van der Waals surface area contributed by atoms with Gasteiger partial charge < -0.3 is 14.2 Å². The van der Waals surface area contributed by atoms with Gasteiger partial charge >= 0.3 is 0 Å². The molecule has 0 amide bonds. The van der Waals surface area contributed by atoms with Crippen molar-refractivity contribution in [3.8, 4) is 17.2 Å². The van der Waals surface area contributed by atoms with E-state index in [1.54, 1.807) is 33.6 Å². The van der Waals surface area contributed by atoms with Crippen molar-refractivity contribution >= 4 is 17.8 Å². The molecule has 2 heterocycles. The molecule has 0 bridgehead atoms. The fraction of sp³-hybridized carbons (Fsp3) is 0.200. The summed E-state index contributed by atoms with van der Waals surface area (Å²) in [4.78, 5) is 16.8. The van der Waals surface area contributed by atoms with E-state index in [2.05, 4.69) is 4.98 Å². The number of benzene rings is 1. The van der Waals surface area contributed by atoms with Crippen molar-refractivity contribution in [3.05, 3.63) is 63.7 Å². The monoisotopic (exact) mass is 352 g/mol. The van der Waals surface area contributed by atoms with Gasteiger partial charge in [-0.1, -0.05) is 12.1 Å². The zero-order valence-electron chi connectivity index (χ0n) is 15.1. The molecule has 0 aliphatic carbocycles. The fourth-order valence-corrected chi connectivity index (χ4v) is 2.74. The van der Waals surface area contributed by atoms with E-state index >= 15 is 0 Å². The summed E-state index contributed by atoms with van der Waals surface area (Å²) in [5.41, 5.74) is 2.88. The summed E-state index contributed by atoms with van der Waals surface area (Å²) in [6.07, 6.45) is 5.35. The quantitative estimate of drug-likeness (QED) is 0.706. The van der Waals surface area contributed by atoms with Crippen LogP contribution in [0, 0.1) is 6.92 Å². The Kier molecular flexibility index (Phi) is 4.93. The molecule has 3 rings (SSSR count). The number of methoxy groups -OCH3 is 3. The third-order valence-electron chi connectivity index (χ3n) is 4.04. The van der Waals surface area contributed by atoms with Crippen molar-refractivity contribution in [2.45, 2.75) is 6.92 Å². The van der Waals surface area contributed by atoms with Gasteiger partial charge in [-0.2, -0.15) is 0 Å². The number of fused-ring (bicyclic) bond motifs is 1. The van der Waals surface area contributed by atoms with Crippen molar-refractivity contribution in [1.29, 1.82) is 0 Å². The van der Waals surface area contributed by atoms with Crippen LogP contribution in [-0.2, 0) is 0 Å². The second kappa shape index (κ2) is 7.31. The molecule has 0 atom stereocenters. The highest BCUT2D eigenvalue weighted by molar-refractivity contribution is 5.72. The van der Waals surface area contributed by atoms with E-state index in [-0.39, 0.29) is 5.56 Å². The zero-order chi connectivity index (χ0) is 18.7. The Hall–Kier alpha value is -3.28. The summed E-state index contributed by atoms with van der Waals surface area (Å²) in [6.45, 7) is 1.93. The highest BCUT2D eigenvalue weighted by Crippen LogP contribution is 2.38. The molecule has 0 spiro atoms. The Bertz CT molecular complexity index is 1010. The average molecular weight is 352 g/mol. The van der Waals surface area contributed by atoms with Crippen LogP contribution in [0.5, 0.6) is 17.2 Å². The lowest BCUT2D eigenvalue weighted by molar-refractivity contribution is 0.324. The smallest absolute Gasteiger partial charge is 0.258 e. The molecule has 2 aromatic heterocycles. The summed E-state index contributed by atoms with van der Waals surface area (Å²) < 4.78 is 17.6. The lowest BCUT2D eigenvalue weighted by Gasteiger charge is -2.12. The van der Waals surface area contributed by atoms with E-state index in [4.69, 9.17) is 14.2 Å². The average Bonchev–Trinajstić information content (AvgIpc) is 2.66. The molecule has 6 nitrogen and oxygen atoms in total. The molecule has 0 fully saturated rings. The second-order valence-electron chi connectivity index (χ2n) is 5.70.